The van der Waals surface area contributed by atoms with Crippen molar-refractivity contribution in [2.24, 2.45) is 0 Å². The number of hydrogen-bond donors (Lipinski definition) is 9. The van der Waals surface area contributed by atoms with Crippen molar-refractivity contribution < 1.29 is 64.6 Å². The third-order valence-electron chi connectivity index (χ3n) is 14.1. The van der Waals surface area contributed by atoms with Crippen LogP contribution in [0.25, 0.3) is 0 Å². The zero-order valence-corrected chi connectivity index (χ0v) is 46.5. The Labute approximate surface area is 453 Å². The number of nitrogens with one attached hydrogen (secondary N) is 1. The highest BCUT2D eigenvalue weighted by Gasteiger charge is 2.51. The Morgan fingerprint density at radius 3 is 1.41 bits per heavy atom. The van der Waals surface area contributed by atoms with Gasteiger partial charge in [-0.25, -0.2) is 0 Å². The van der Waals surface area contributed by atoms with Gasteiger partial charge in [-0.1, -0.05) is 215 Å². The topological polar surface area (TPSA) is 228 Å². The van der Waals surface area contributed by atoms with E-state index in [-0.39, 0.29) is 18.9 Å². The number of rotatable bonds is 46. The average Bonchev–Trinajstić information content (AvgIpc) is 3.41. The lowest BCUT2D eigenvalue weighted by molar-refractivity contribution is -0.359. The van der Waals surface area contributed by atoms with Gasteiger partial charge >= 0.3 is 0 Å². The lowest BCUT2D eigenvalue weighted by Gasteiger charge is -2.46. The molecule has 2 heterocycles. The molecule has 0 bridgehead atoms. The Balaban J connectivity index is 1.78. The van der Waals surface area contributed by atoms with Gasteiger partial charge in [-0.05, 0) is 64.2 Å². The maximum absolute atomic E-state index is 13.3. The molecule has 0 aromatic heterocycles. The summed E-state index contributed by atoms with van der Waals surface area (Å²) in [6.07, 6.45) is 43.5. The molecule has 2 aliphatic rings. The van der Waals surface area contributed by atoms with Crippen molar-refractivity contribution in [3.8, 4) is 0 Å². The minimum absolute atomic E-state index is 0.253. The average molecular weight is 1060 g/mol. The predicted molar refractivity (Wildman–Crippen MR) is 300 cm³/mol. The van der Waals surface area contributed by atoms with E-state index in [9.17, 15) is 45.6 Å². The minimum Gasteiger partial charge on any atom is -0.394 e. The maximum atomic E-state index is 13.3. The summed E-state index contributed by atoms with van der Waals surface area (Å²) in [6.45, 7) is 2.68. The number of amides is 1. The van der Waals surface area contributed by atoms with Crippen LogP contribution in [0.1, 0.15) is 213 Å². The zero-order chi connectivity index (χ0) is 54.6. The number of carbonyl (C=O) groups is 1. The lowest BCUT2D eigenvalue weighted by atomic mass is 9.97. The molecule has 2 aliphatic heterocycles. The van der Waals surface area contributed by atoms with Crippen LogP contribution in [-0.2, 0) is 23.7 Å². The first-order valence-electron chi connectivity index (χ1n) is 29.7. The summed E-state index contributed by atoms with van der Waals surface area (Å²) in [5, 5.41) is 87.1. The van der Waals surface area contributed by atoms with Crippen LogP contribution in [0, 0.1) is 0 Å². The van der Waals surface area contributed by atoms with Crippen molar-refractivity contribution in [1.29, 1.82) is 0 Å². The van der Waals surface area contributed by atoms with Crippen molar-refractivity contribution >= 4 is 5.91 Å². The van der Waals surface area contributed by atoms with Crippen LogP contribution in [0.4, 0.5) is 0 Å². The molecule has 14 heteroatoms. The number of carbonyl (C=O) groups excluding carboxylic acids is 1. The lowest BCUT2D eigenvalue weighted by Crippen LogP contribution is -2.65. The van der Waals surface area contributed by atoms with Gasteiger partial charge < -0.3 is 65.1 Å². The number of aliphatic hydroxyl groups excluding tert-OH is 8. The first kappa shape index (κ1) is 68.5. The monoisotopic (exact) mass is 1060 g/mol. The zero-order valence-electron chi connectivity index (χ0n) is 46.5. The molecular weight excluding hydrogens is 955 g/mol. The summed E-state index contributed by atoms with van der Waals surface area (Å²) in [6, 6.07) is -0.925. The molecule has 0 aromatic rings. The van der Waals surface area contributed by atoms with Crippen LogP contribution in [0.2, 0.25) is 0 Å². The van der Waals surface area contributed by atoms with Crippen molar-refractivity contribution in [1.82, 2.24) is 5.32 Å². The van der Waals surface area contributed by atoms with Crippen molar-refractivity contribution in [2.75, 3.05) is 19.8 Å². The Hall–Kier alpha value is -2.57. The van der Waals surface area contributed by atoms with Gasteiger partial charge in [0.15, 0.2) is 12.6 Å². The Kier molecular flexibility index (Phi) is 42.4. The molecule has 0 saturated carbocycles. The first-order chi connectivity index (χ1) is 36.6. The second-order valence-corrected chi connectivity index (χ2v) is 20.7. The van der Waals surface area contributed by atoms with Gasteiger partial charge in [-0.15, -0.1) is 0 Å². The summed E-state index contributed by atoms with van der Waals surface area (Å²) >= 11 is 0. The molecule has 0 aliphatic carbocycles. The second-order valence-electron chi connectivity index (χ2n) is 20.7. The van der Waals surface area contributed by atoms with E-state index < -0.39 is 86.8 Å². The standard InChI is InChI=1S/C61H107NO13/c1-3-5-7-9-11-13-15-17-19-21-23-24-25-26-27-29-31-33-35-37-39-41-43-45-53(66)62-49(50(65)44-42-40-38-36-34-32-30-28-22-20-18-16-14-12-10-8-6-4-2)48-72-60-58(71)56(69)59(52(47-64)74-60)75-61-57(70)55(68)54(67)51(46-63)73-61/h5,7,11,13,17,19,23-24,26-27,42,44,49-52,54-61,63-65,67-71H,3-4,6,8-10,12,14-16,18,20-22,25,28-41,43,45-48H2,1-2H3,(H,62,66)/b7-5-,13-11-,19-17-,24-23-,27-26-,44-42+. The smallest absolute Gasteiger partial charge is 0.220 e. The predicted octanol–water partition coefficient (Wildman–Crippen LogP) is 9.94. The SMILES string of the molecule is CC/C=C\C/C=C\C/C=C\C/C=C\C/C=C\CCCCCCCCCC(=O)NC(COC1OC(CO)C(OC2OC(CO)C(O)C(O)C2O)C(O)C1O)C(O)/C=C/CCCCCCCCCCCCCCCCCC. The summed E-state index contributed by atoms with van der Waals surface area (Å²) in [7, 11) is 0. The highest BCUT2D eigenvalue weighted by atomic mass is 16.7. The third-order valence-corrected chi connectivity index (χ3v) is 14.1. The molecule has 14 nitrogen and oxygen atoms in total. The normalized spacial score (nSPS) is 25.6. The molecule has 2 rings (SSSR count). The van der Waals surface area contributed by atoms with Crippen LogP contribution < -0.4 is 5.32 Å². The first-order valence-corrected chi connectivity index (χ1v) is 29.7. The van der Waals surface area contributed by atoms with Crippen molar-refractivity contribution in [3.63, 3.8) is 0 Å². The fourth-order valence-electron chi connectivity index (χ4n) is 9.38. The maximum Gasteiger partial charge on any atom is 0.220 e. The third kappa shape index (κ3) is 32.2. The van der Waals surface area contributed by atoms with Gasteiger partial charge in [0.1, 0.15) is 48.8 Å². The summed E-state index contributed by atoms with van der Waals surface area (Å²) < 4.78 is 22.8. The van der Waals surface area contributed by atoms with Gasteiger partial charge in [0.2, 0.25) is 5.91 Å². The Morgan fingerprint density at radius 1 is 0.493 bits per heavy atom. The van der Waals surface area contributed by atoms with E-state index in [1.54, 1.807) is 6.08 Å². The number of ether oxygens (including phenoxy) is 4. The van der Waals surface area contributed by atoms with Crippen molar-refractivity contribution in [3.05, 3.63) is 72.9 Å². The van der Waals surface area contributed by atoms with E-state index in [2.05, 4.69) is 79.9 Å². The van der Waals surface area contributed by atoms with Crippen LogP contribution >= 0.6 is 0 Å². The molecule has 9 N–H and O–H groups in total. The molecule has 12 atom stereocenters. The van der Waals surface area contributed by atoms with Crippen LogP contribution in [-0.4, -0.2) is 140 Å². The molecule has 2 saturated heterocycles. The summed E-state index contributed by atoms with van der Waals surface area (Å²) in [5.41, 5.74) is 0. The number of hydrogen-bond acceptors (Lipinski definition) is 13. The van der Waals surface area contributed by atoms with E-state index in [0.29, 0.717) is 6.42 Å². The minimum atomic E-state index is -1.79. The Morgan fingerprint density at radius 2 is 0.920 bits per heavy atom. The summed E-state index contributed by atoms with van der Waals surface area (Å²) in [5.74, 6) is -0.253. The fraction of sp³-hybridized carbons (Fsp3) is 0.787. The van der Waals surface area contributed by atoms with Crippen LogP contribution in [0.5, 0.6) is 0 Å². The van der Waals surface area contributed by atoms with Crippen molar-refractivity contribution in [2.45, 2.75) is 286 Å². The molecule has 2 fully saturated rings. The molecule has 75 heavy (non-hydrogen) atoms. The largest absolute Gasteiger partial charge is 0.394 e. The molecule has 0 aromatic carbocycles. The van der Waals surface area contributed by atoms with Gasteiger partial charge in [0, 0.05) is 6.42 Å². The fourth-order valence-corrected chi connectivity index (χ4v) is 9.38. The molecule has 0 radical (unpaired) electrons. The van der Waals surface area contributed by atoms with E-state index in [1.165, 1.54) is 96.3 Å². The number of allylic oxidation sites excluding steroid dienone is 11. The van der Waals surface area contributed by atoms with E-state index in [4.69, 9.17) is 18.9 Å². The van der Waals surface area contributed by atoms with Gasteiger partial charge in [0.25, 0.3) is 0 Å². The van der Waals surface area contributed by atoms with E-state index >= 15 is 0 Å². The van der Waals surface area contributed by atoms with Crippen LogP contribution in [0.3, 0.4) is 0 Å². The van der Waals surface area contributed by atoms with Gasteiger partial charge in [0.05, 0.1) is 32.0 Å². The van der Waals surface area contributed by atoms with Crippen LogP contribution in [0.15, 0.2) is 72.9 Å². The molecule has 1 amide bonds. The highest BCUT2D eigenvalue weighted by molar-refractivity contribution is 5.76. The summed E-state index contributed by atoms with van der Waals surface area (Å²) in [4.78, 5) is 13.3. The van der Waals surface area contributed by atoms with E-state index in [0.717, 1.165) is 89.9 Å². The molecular formula is C61H107NO13. The van der Waals surface area contributed by atoms with Gasteiger partial charge in [-0.3, -0.25) is 4.79 Å². The van der Waals surface area contributed by atoms with Gasteiger partial charge in [-0.2, -0.15) is 0 Å². The highest BCUT2D eigenvalue weighted by Crippen LogP contribution is 2.30. The molecule has 434 valence electrons. The molecule has 0 spiro atoms. The Bertz CT molecular complexity index is 1530. The number of unbranched alkanes of at least 4 members (excludes halogenated alkanes) is 23. The quantitative estimate of drug-likeness (QED) is 0.0205. The van der Waals surface area contributed by atoms with E-state index in [1.807, 2.05) is 6.08 Å². The molecule has 12 unspecified atom stereocenters. The second kappa shape index (κ2) is 46.4. The number of aliphatic hydroxyl groups is 8.